The summed E-state index contributed by atoms with van der Waals surface area (Å²) in [5, 5.41) is 0. The fraction of sp³-hybridized carbons (Fsp3) is 0.412. The molecule has 0 unspecified atom stereocenters. The number of benzene rings is 1. The van der Waals surface area contributed by atoms with E-state index in [1.165, 1.54) is 16.7 Å². The third kappa shape index (κ3) is 2.90. The van der Waals surface area contributed by atoms with Crippen LogP contribution in [0.3, 0.4) is 0 Å². The molecule has 1 N–H and O–H groups in total. The van der Waals surface area contributed by atoms with Crippen molar-refractivity contribution in [2.24, 2.45) is 0 Å². The second kappa shape index (κ2) is 5.45. The zero-order valence-electron chi connectivity index (χ0n) is 12.9. The van der Waals surface area contributed by atoms with Crippen molar-refractivity contribution in [3.63, 3.8) is 0 Å². The average molecular weight is 283 g/mol. The smallest absolute Gasteiger partial charge is 0.254 e. The first-order chi connectivity index (χ1) is 10.0. The second-order valence-corrected chi connectivity index (χ2v) is 5.97. The van der Waals surface area contributed by atoms with Crippen molar-refractivity contribution in [3.8, 4) is 0 Å². The van der Waals surface area contributed by atoms with E-state index in [-0.39, 0.29) is 5.56 Å². The summed E-state index contributed by atoms with van der Waals surface area (Å²) in [4.78, 5) is 21.6. The van der Waals surface area contributed by atoms with Crippen LogP contribution in [-0.4, -0.2) is 21.4 Å². The summed E-state index contributed by atoms with van der Waals surface area (Å²) >= 11 is 0. The summed E-state index contributed by atoms with van der Waals surface area (Å²) < 4.78 is 0. The molecule has 3 rings (SSSR count). The molecule has 0 bridgehead atoms. The Hall–Kier alpha value is -1.94. The van der Waals surface area contributed by atoms with Gasteiger partial charge in [-0.1, -0.05) is 23.8 Å². The van der Waals surface area contributed by atoms with E-state index in [1.807, 2.05) is 6.92 Å². The van der Waals surface area contributed by atoms with Gasteiger partial charge in [0.15, 0.2) is 0 Å². The summed E-state index contributed by atoms with van der Waals surface area (Å²) in [7, 11) is 0. The highest BCUT2D eigenvalue weighted by molar-refractivity contribution is 5.31. The first-order valence-electron chi connectivity index (χ1n) is 7.40. The Morgan fingerprint density at radius 3 is 2.90 bits per heavy atom. The third-order valence-corrected chi connectivity index (χ3v) is 4.17. The number of nitrogens with one attached hydrogen (secondary N) is 1. The van der Waals surface area contributed by atoms with Gasteiger partial charge in [-0.05, 0) is 38.3 Å². The van der Waals surface area contributed by atoms with Crippen LogP contribution in [0.25, 0.3) is 0 Å². The van der Waals surface area contributed by atoms with Crippen molar-refractivity contribution in [3.05, 3.63) is 62.3 Å². The van der Waals surface area contributed by atoms with Crippen LogP contribution in [0, 0.1) is 20.8 Å². The number of aromatic nitrogens is 2. The minimum Gasteiger partial charge on any atom is -0.311 e. The molecule has 110 valence electrons. The molecule has 1 aliphatic heterocycles. The highest BCUT2D eigenvalue weighted by Gasteiger charge is 2.20. The fourth-order valence-corrected chi connectivity index (χ4v) is 2.96. The van der Waals surface area contributed by atoms with E-state index in [4.69, 9.17) is 0 Å². The van der Waals surface area contributed by atoms with Gasteiger partial charge in [0, 0.05) is 25.2 Å². The van der Waals surface area contributed by atoms with Crippen molar-refractivity contribution < 1.29 is 0 Å². The molecule has 0 atom stereocenters. The van der Waals surface area contributed by atoms with Crippen LogP contribution in [0.2, 0.25) is 0 Å². The third-order valence-electron chi connectivity index (χ3n) is 4.17. The van der Waals surface area contributed by atoms with Crippen LogP contribution in [0.15, 0.2) is 23.0 Å². The minimum atomic E-state index is 0.0314. The van der Waals surface area contributed by atoms with Gasteiger partial charge < -0.3 is 4.98 Å². The van der Waals surface area contributed by atoms with Crippen molar-refractivity contribution >= 4 is 0 Å². The van der Waals surface area contributed by atoms with E-state index in [0.29, 0.717) is 5.82 Å². The molecule has 0 spiro atoms. The summed E-state index contributed by atoms with van der Waals surface area (Å²) in [5.41, 5.74) is 5.80. The quantitative estimate of drug-likeness (QED) is 0.919. The Labute approximate surface area is 124 Å². The van der Waals surface area contributed by atoms with Gasteiger partial charge in [0.25, 0.3) is 5.56 Å². The lowest BCUT2D eigenvalue weighted by molar-refractivity contribution is 0.239. The Morgan fingerprint density at radius 1 is 1.29 bits per heavy atom. The maximum atomic E-state index is 11.9. The molecule has 1 aromatic heterocycles. The predicted molar refractivity (Wildman–Crippen MR) is 83.3 cm³/mol. The molecule has 1 aliphatic rings. The monoisotopic (exact) mass is 283 g/mol. The molecule has 0 radical (unpaired) electrons. The van der Waals surface area contributed by atoms with Crippen molar-refractivity contribution in [1.82, 2.24) is 14.9 Å². The first kappa shape index (κ1) is 14.0. The molecule has 2 aromatic rings. The minimum absolute atomic E-state index is 0.0314. The Bertz CT molecular complexity index is 733. The van der Waals surface area contributed by atoms with Crippen molar-refractivity contribution in [2.75, 3.05) is 6.54 Å². The lowest BCUT2D eigenvalue weighted by Crippen LogP contribution is -2.35. The molecule has 4 nitrogen and oxygen atoms in total. The molecule has 21 heavy (non-hydrogen) atoms. The summed E-state index contributed by atoms with van der Waals surface area (Å²) in [6, 6.07) is 6.58. The van der Waals surface area contributed by atoms with Crippen LogP contribution in [0.1, 0.15) is 33.8 Å². The summed E-state index contributed by atoms with van der Waals surface area (Å²) in [6.45, 7) is 8.70. The van der Waals surface area contributed by atoms with E-state index < -0.39 is 0 Å². The maximum absolute atomic E-state index is 11.9. The molecule has 0 fully saturated rings. The molecule has 2 heterocycles. The van der Waals surface area contributed by atoms with Crippen LogP contribution in [-0.2, 0) is 19.5 Å². The largest absolute Gasteiger partial charge is 0.311 e. The van der Waals surface area contributed by atoms with Crippen LogP contribution >= 0.6 is 0 Å². The van der Waals surface area contributed by atoms with Crippen LogP contribution in [0.5, 0.6) is 0 Å². The molecule has 1 aromatic carbocycles. The van der Waals surface area contributed by atoms with E-state index in [1.54, 1.807) is 0 Å². The number of aromatic amines is 1. The van der Waals surface area contributed by atoms with Gasteiger partial charge in [0.1, 0.15) is 5.82 Å². The zero-order valence-corrected chi connectivity index (χ0v) is 12.9. The number of fused-ring (bicyclic) bond motifs is 1. The lowest BCUT2D eigenvalue weighted by Gasteiger charge is -2.28. The Morgan fingerprint density at radius 2 is 2.10 bits per heavy atom. The fourth-order valence-electron chi connectivity index (χ4n) is 2.96. The van der Waals surface area contributed by atoms with Crippen LogP contribution < -0.4 is 5.56 Å². The SMILES string of the molecule is Cc1ccc(C)c(CN2CCc3c(nc(C)[nH]c3=O)C2)c1. The van der Waals surface area contributed by atoms with E-state index in [0.717, 1.165) is 37.3 Å². The molecule has 4 heteroatoms. The van der Waals surface area contributed by atoms with Gasteiger partial charge in [0.05, 0.1) is 5.69 Å². The molecular formula is C17H21N3O. The first-order valence-corrected chi connectivity index (χ1v) is 7.40. The Kier molecular flexibility index (Phi) is 3.64. The Balaban J connectivity index is 1.83. The zero-order chi connectivity index (χ0) is 15.0. The highest BCUT2D eigenvalue weighted by atomic mass is 16.1. The van der Waals surface area contributed by atoms with Gasteiger partial charge in [-0.3, -0.25) is 9.69 Å². The number of H-pyrrole nitrogens is 1. The molecule has 0 aliphatic carbocycles. The van der Waals surface area contributed by atoms with Gasteiger partial charge >= 0.3 is 0 Å². The molecule has 0 amide bonds. The normalized spacial score (nSPS) is 15.0. The second-order valence-electron chi connectivity index (χ2n) is 5.97. The summed E-state index contributed by atoms with van der Waals surface area (Å²) in [6.07, 6.45) is 0.781. The highest BCUT2D eigenvalue weighted by Crippen LogP contribution is 2.19. The standard InChI is InChI=1S/C17H21N3O/c1-11-4-5-12(2)14(8-11)9-20-7-6-15-16(10-20)18-13(3)19-17(15)21/h4-5,8H,6-7,9-10H2,1-3H3,(H,18,19,21). The van der Waals surface area contributed by atoms with Crippen LogP contribution in [0.4, 0.5) is 0 Å². The number of hydrogen-bond acceptors (Lipinski definition) is 3. The summed E-state index contributed by atoms with van der Waals surface area (Å²) in [5.74, 6) is 0.701. The van der Waals surface area contributed by atoms with Crippen molar-refractivity contribution in [1.29, 1.82) is 0 Å². The van der Waals surface area contributed by atoms with Gasteiger partial charge in [0.2, 0.25) is 0 Å². The number of rotatable bonds is 2. The van der Waals surface area contributed by atoms with E-state index in [9.17, 15) is 4.79 Å². The lowest BCUT2D eigenvalue weighted by atomic mass is 10.0. The number of aryl methyl sites for hydroxylation is 3. The topological polar surface area (TPSA) is 49.0 Å². The van der Waals surface area contributed by atoms with E-state index in [2.05, 4.69) is 46.9 Å². The van der Waals surface area contributed by atoms with E-state index >= 15 is 0 Å². The van der Waals surface area contributed by atoms with Gasteiger partial charge in [-0.25, -0.2) is 4.98 Å². The van der Waals surface area contributed by atoms with Crippen molar-refractivity contribution in [2.45, 2.75) is 40.3 Å². The maximum Gasteiger partial charge on any atom is 0.254 e. The molecular weight excluding hydrogens is 262 g/mol. The number of nitrogens with zero attached hydrogens (tertiary/aromatic N) is 2. The predicted octanol–water partition coefficient (Wildman–Crippen LogP) is 2.25. The molecule has 0 saturated carbocycles. The molecule has 0 saturated heterocycles. The average Bonchev–Trinajstić information content (AvgIpc) is 2.42. The number of hydrogen-bond donors (Lipinski definition) is 1. The van der Waals surface area contributed by atoms with Gasteiger partial charge in [-0.2, -0.15) is 0 Å². The van der Waals surface area contributed by atoms with Gasteiger partial charge in [-0.15, -0.1) is 0 Å².